The number of halogens is 1. The number of nitrogens with zero attached hydrogens (tertiary/aromatic N) is 3. The fourth-order valence-corrected chi connectivity index (χ4v) is 3.60. The topological polar surface area (TPSA) is 129 Å². The van der Waals surface area contributed by atoms with E-state index in [0.717, 1.165) is 16.9 Å². The molecule has 10 heteroatoms. The number of nitrogens with two attached hydrogens (primary N) is 1. The zero-order valence-corrected chi connectivity index (χ0v) is 19.8. The van der Waals surface area contributed by atoms with Crippen LogP contribution in [0.2, 0.25) is 0 Å². The van der Waals surface area contributed by atoms with Gasteiger partial charge in [0.15, 0.2) is 11.6 Å². The van der Waals surface area contributed by atoms with Gasteiger partial charge >= 0.3 is 0 Å². The summed E-state index contributed by atoms with van der Waals surface area (Å²) in [5.74, 6) is 0.657. The smallest absolute Gasteiger partial charge is 0.208 e. The van der Waals surface area contributed by atoms with E-state index in [2.05, 4.69) is 20.2 Å². The lowest BCUT2D eigenvalue weighted by Crippen LogP contribution is -2.20. The predicted molar refractivity (Wildman–Crippen MR) is 133 cm³/mol. The summed E-state index contributed by atoms with van der Waals surface area (Å²) < 4.78 is 26.9. The number of nitrogens with one attached hydrogen (secondary N) is 3. The Morgan fingerprint density at radius 3 is 2.60 bits per heavy atom. The average Bonchev–Trinajstić information content (AvgIpc) is 3.52. The molecular formula is C25H28FN7O2. The number of nitrogen functional groups attached to an aromatic ring is 1. The van der Waals surface area contributed by atoms with Crippen LogP contribution in [0.15, 0.2) is 55.0 Å². The van der Waals surface area contributed by atoms with Gasteiger partial charge in [-0.05, 0) is 51.1 Å². The number of imidazole rings is 1. The average molecular weight is 478 g/mol. The second-order valence-electron chi connectivity index (χ2n) is 8.15. The van der Waals surface area contributed by atoms with Crippen LogP contribution >= 0.6 is 0 Å². The van der Waals surface area contributed by atoms with Crippen molar-refractivity contribution >= 4 is 17.5 Å². The van der Waals surface area contributed by atoms with Crippen LogP contribution in [-0.2, 0) is 6.54 Å². The van der Waals surface area contributed by atoms with Crippen molar-refractivity contribution in [3.63, 3.8) is 0 Å². The highest BCUT2D eigenvalue weighted by Crippen LogP contribution is 2.33. The van der Waals surface area contributed by atoms with Gasteiger partial charge in [0.25, 0.3) is 0 Å². The molecule has 2 heterocycles. The van der Waals surface area contributed by atoms with Gasteiger partial charge < -0.3 is 25.1 Å². The van der Waals surface area contributed by atoms with Crippen LogP contribution in [0.1, 0.15) is 31.9 Å². The number of rotatable bonds is 10. The lowest BCUT2D eigenvalue weighted by Gasteiger charge is -2.24. The van der Waals surface area contributed by atoms with Crippen molar-refractivity contribution in [2.24, 2.45) is 5.73 Å². The first kappa shape index (κ1) is 23.8. The molecule has 0 atom stereocenters. The van der Waals surface area contributed by atoms with Crippen LogP contribution in [0.3, 0.4) is 0 Å². The van der Waals surface area contributed by atoms with Gasteiger partial charge in [0.2, 0.25) is 5.95 Å². The molecule has 5 N–H and O–H groups in total. The first-order valence-electron chi connectivity index (χ1n) is 11.2. The lowest BCUT2D eigenvalue weighted by atomic mass is 10.1. The molecule has 4 aromatic rings. The molecule has 9 nitrogen and oxygen atoms in total. The number of benzene rings is 2. The van der Waals surface area contributed by atoms with E-state index in [-0.39, 0.29) is 24.2 Å². The summed E-state index contributed by atoms with van der Waals surface area (Å²) in [5, 5.41) is 14.4. The Bertz CT molecular complexity index is 1280. The molecule has 0 radical (unpaired) electrons. The molecular weight excluding hydrogens is 449 g/mol. The van der Waals surface area contributed by atoms with Gasteiger partial charge in [0.1, 0.15) is 11.6 Å². The minimum atomic E-state index is -0.464. The molecule has 0 fully saturated rings. The maximum Gasteiger partial charge on any atom is 0.208 e. The lowest BCUT2D eigenvalue weighted by molar-refractivity contribution is 0.228. The third-order valence-electron chi connectivity index (χ3n) is 5.21. The molecule has 35 heavy (non-hydrogen) atoms. The molecule has 0 bridgehead atoms. The first-order valence-corrected chi connectivity index (χ1v) is 11.2. The molecule has 2 aromatic heterocycles. The highest BCUT2D eigenvalue weighted by Gasteiger charge is 2.21. The quantitative estimate of drug-likeness (QED) is 0.193. The van der Waals surface area contributed by atoms with Crippen LogP contribution in [0.5, 0.6) is 11.5 Å². The summed E-state index contributed by atoms with van der Waals surface area (Å²) >= 11 is 0. The van der Waals surface area contributed by atoms with Crippen molar-refractivity contribution in [2.45, 2.75) is 33.4 Å². The molecule has 0 spiro atoms. The van der Waals surface area contributed by atoms with E-state index < -0.39 is 5.82 Å². The summed E-state index contributed by atoms with van der Waals surface area (Å²) in [6, 6.07) is 10.3. The Labute approximate surface area is 202 Å². The standard InChI is InChI=1S/C25H28FN7O2/c1-4-34-20-9-17(23(26)22(10-20)35-15(2)3)14-33(19-7-5-16(6-8-19)24(27)28)25-29-13-21(32-25)18-11-30-31-12-18/h5-13,15H,4,14H2,1-3H3,(H3,27,28)(H,29,32)(H,30,31). The molecule has 0 saturated heterocycles. The summed E-state index contributed by atoms with van der Waals surface area (Å²) in [7, 11) is 0. The maximum absolute atomic E-state index is 15.5. The summed E-state index contributed by atoms with van der Waals surface area (Å²) in [6.45, 7) is 6.13. The highest BCUT2D eigenvalue weighted by molar-refractivity contribution is 5.95. The van der Waals surface area contributed by atoms with Gasteiger partial charge in [0.05, 0.1) is 37.3 Å². The largest absolute Gasteiger partial charge is 0.494 e. The predicted octanol–water partition coefficient (Wildman–Crippen LogP) is 4.75. The van der Waals surface area contributed by atoms with Crippen molar-refractivity contribution < 1.29 is 13.9 Å². The third-order valence-corrected chi connectivity index (χ3v) is 5.21. The van der Waals surface area contributed by atoms with Crippen molar-refractivity contribution in [2.75, 3.05) is 11.5 Å². The number of hydrogen-bond acceptors (Lipinski definition) is 6. The fourth-order valence-electron chi connectivity index (χ4n) is 3.60. The molecule has 0 amide bonds. The van der Waals surface area contributed by atoms with E-state index in [1.54, 1.807) is 42.9 Å². The number of anilines is 2. The van der Waals surface area contributed by atoms with E-state index in [4.69, 9.17) is 20.6 Å². The first-order chi connectivity index (χ1) is 16.9. The number of amidine groups is 1. The van der Waals surface area contributed by atoms with E-state index in [9.17, 15) is 0 Å². The second-order valence-corrected chi connectivity index (χ2v) is 8.15. The zero-order chi connectivity index (χ0) is 24.9. The van der Waals surface area contributed by atoms with Crippen LogP contribution in [0.25, 0.3) is 11.3 Å². The van der Waals surface area contributed by atoms with Gasteiger partial charge in [-0.1, -0.05) is 0 Å². The molecule has 0 saturated carbocycles. The monoisotopic (exact) mass is 477 g/mol. The Morgan fingerprint density at radius 2 is 1.97 bits per heavy atom. The number of aromatic amines is 2. The van der Waals surface area contributed by atoms with E-state index >= 15 is 4.39 Å². The van der Waals surface area contributed by atoms with Crippen LogP contribution in [-0.4, -0.2) is 38.7 Å². The van der Waals surface area contributed by atoms with Crippen molar-refractivity contribution in [3.05, 3.63) is 71.9 Å². The minimum Gasteiger partial charge on any atom is -0.494 e. The van der Waals surface area contributed by atoms with E-state index in [1.807, 2.05) is 37.8 Å². The van der Waals surface area contributed by atoms with Gasteiger partial charge in [-0.3, -0.25) is 10.5 Å². The van der Waals surface area contributed by atoms with Crippen LogP contribution < -0.4 is 20.1 Å². The van der Waals surface area contributed by atoms with Gasteiger partial charge in [-0.25, -0.2) is 9.37 Å². The van der Waals surface area contributed by atoms with E-state index in [0.29, 0.717) is 29.4 Å². The zero-order valence-electron chi connectivity index (χ0n) is 19.8. The number of aromatic nitrogens is 4. The van der Waals surface area contributed by atoms with Crippen LogP contribution in [0, 0.1) is 11.2 Å². The SMILES string of the molecule is CCOc1cc(CN(c2ccc(C(=N)N)cc2)c2ncc(-c3cn[nH]c3)[nH]2)c(F)c(OC(C)C)c1. The second kappa shape index (κ2) is 10.3. The van der Waals surface area contributed by atoms with Crippen molar-refractivity contribution in [1.82, 2.24) is 20.2 Å². The van der Waals surface area contributed by atoms with Gasteiger partial charge in [-0.2, -0.15) is 5.10 Å². The number of hydrogen-bond donors (Lipinski definition) is 4. The molecule has 0 aliphatic rings. The molecule has 0 aliphatic carbocycles. The highest BCUT2D eigenvalue weighted by atomic mass is 19.1. The van der Waals surface area contributed by atoms with Crippen LogP contribution in [0.4, 0.5) is 16.0 Å². The Hall–Kier alpha value is -4.34. The molecule has 2 aromatic carbocycles. The van der Waals surface area contributed by atoms with Gasteiger partial charge in [0, 0.05) is 34.6 Å². The summed E-state index contributed by atoms with van der Waals surface area (Å²) in [5.41, 5.74) is 8.91. The number of H-pyrrole nitrogens is 2. The van der Waals surface area contributed by atoms with Gasteiger partial charge in [-0.15, -0.1) is 0 Å². The fraction of sp³-hybridized carbons (Fsp3) is 0.240. The molecule has 0 aliphatic heterocycles. The Balaban J connectivity index is 1.77. The van der Waals surface area contributed by atoms with E-state index in [1.165, 1.54) is 0 Å². The summed E-state index contributed by atoms with van der Waals surface area (Å²) in [4.78, 5) is 9.65. The Morgan fingerprint density at radius 1 is 1.20 bits per heavy atom. The Kier molecular flexibility index (Phi) is 7.00. The third kappa shape index (κ3) is 5.43. The maximum atomic E-state index is 15.5. The number of ether oxygens (including phenoxy) is 2. The normalized spacial score (nSPS) is 11.0. The van der Waals surface area contributed by atoms with Crippen molar-refractivity contribution in [3.8, 4) is 22.8 Å². The molecule has 4 rings (SSSR count). The molecule has 182 valence electrons. The summed E-state index contributed by atoms with van der Waals surface area (Å²) in [6.07, 6.45) is 4.93. The minimum absolute atomic E-state index is 0.0331. The van der Waals surface area contributed by atoms with Crippen molar-refractivity contribution in [1.29, 1.82) is 5.41 Å². The molecule has 0 unspecified atom stereocenters.